The summed E-state index contributed by atoms with van der Waals surface area (Å²) in [7, 11) is 1.33. The summed E-state index contributed by atoms with van der Waals surface area (Å²) in [6, 6.07) is 28.4. The van der Waals surface area contributed by atoms with Crippen LogP contribution >= 0.6 is 0 Å². The van der Waals surface area contributed by atoms with E-state index in [1.165, 1.54) is 34.8 Å². The predicted octanol–water partition coefficient (Wildman–Crippen LogP) is 4.21. The molecule has 0 bridgehead atoms. The van der Waals surface area contributed by atoms with Gasteiger partial charge in [0.25, 0.3) is 0 Å². The molecule has 5 rings (SSSR count). The lowest BCUT2D eigenvalue weighted by Gasteiger charge is -2.49. The van der Waals surface area contributed by atoms with Gasteiger partial charge in [0.15, 0.2) is 24.8 Å². The first-order valence-electron chi connectivity index (χ1n) is 18.6. The van der Waals surface area contributed by atoms with Gasteiger partial charge >= 0.3 is 23.9 Å². The second-order valence-electron chi connectivity index (χ2n) is 13.5. The van der Waals surface area contributed by atoms with Crippen LogP contribution in [0.1, 0.15) is 44.4 Å². The fourth-order valence-corrected chi connectivity index (χ4v) is 6.55. The molecule has 0 N–H and O–H groups in total. The average Bonchev–Trinajstić information content (AvgIpc) is 3.19. The summed E-state index contributed by atoms with van der Waals surface area (Å²) in [5.41, 5.74) is 2.54. The normalized spacial score (nSPS) is 27.2. The van der Waals surface area contributed by atoms with E-state index in [0.29, 0.717) is 0 Å². The van der Waals surface area contributed by atoms with Crippen LogP contribution in [0.3, 0.4) is 0 Å². The van der Waals surface area contributed by atoms with Gasteiger partial charge in [-0.15, -0.1) is 0 Å². The van der Waals surface area contributed by atoms with E-state index in [4.69, 9.17) is 52.1 Å². The Balaban J connectivity index is 1.60. The maximum atomic E-state index is 12.6. The third-order valence-corrected chi connectivity index (χ3v) is 9.07. The Morgan fingerprint density at radius 3 is 1.32 bits per heavy atom. The largest absolute Gasteiger partial charge is 0.463 e. The van der Waals surface area contributed by atoms with Crippen molar-refractivity contribution in [1.29, 1.82) is 0 Å². The maximum absolute atomic E-state index is 12.6. The summed E-state index contributed by atoms with van der Waals surface area (Å²) < 4.78 is 67.3. The molecule has 57 heavy (non-hydrogen) atoms. The Kier molecular flexibility index (Phi) is 16.5. The number of benzene rings is 3. The van der Waals surface area contributed by atoms with Crippen LogP contribution in [0, 0.1) is 0 Å². The van der Waals surface area contributed by atoms with Crippen molar-refractivity contribution in [3.8, 4) is 0 Å². The fourth-order valence-electron chi connectivity index (χ4n) is 6.55. The first-order valence-corrected chi connectivity index (χ1v) is 18.6. The summed E-state index contributed by atoms with van der Waals surface area (Å²) in [5, 5.41) is 0. The number of rotatable bonds is 18. The minimum absolute atomic E-state index is 0.0737. The van der Waals surface area contributed by atoms with Crippen molar-refractivity contribution in [1.82, 2.24) is 0 Å². The monoisotopic (exact) mass is 794 g/mol. The summed E-state index contributed by atoms with van der Waals surface area (Å²) in [5.74, 6) is -2.62. The lowest BCUT2D eigenvalue weighted by molar-refractivity contribution is -0.369. The molecule has 3 aromatic carbocycles. The molecule has 3 aromatic rings. The van der Waals surface area contributed by atoms with E-state index in [-0.39, 0.29) is 33.0 Å². The molecule has 0 spiro atoms. The van der Waals surface area contributed by atoms with E-state index in [1.54, 1.807) is 0 Å². The Labute approximate surface area is 331 Å². The van der Waals surface area contributed by atoms with Crippen molar-refractivity contribution in [3.63, 3.8) is 0 Å². The standard InChI is InChI=1S/C42H50O15/c1-26(43)48-24-33-35(50-21-30-15-9-6-10-16-30)37(51-22-31-17-11-7-12-18-31)39(52-23-32-19-13-8-14-20-32)42(56-33)57-38-36(53-28(3)45)34(25-49-27(2)44)55-41(47-5)40(38)54-29(4)46/h6-20,33-42H,21-25H2,1-5H3/t33-,34-,35-,36-,37+,38+,39+,40+,41+,42-/m1/s1. The molecule has 2 heterocycles. The predicted molar refractivity (Wildman–Crippen MR) is 199 cm³/mol. The van der Waals surface area contributed by atoms with Gasteiger partial charge in [-0.1, -0.05) is 91.0 Å². The summed E-state index contributed by atoms with van der Waals surface area (Å²) >= 11 is 0. The van der Waals surface area contributed by atoms with Crippen LogP contribution in [0.15, 0.2) is 91.0 Å². The van der Waals surface area contributed by atoms with Gasteiger partial charge in [0.2, 0.25) is 0 Å². The van der Waals surface area contributed by atoms with Gasteiger partial charge < -0.3 is 52.1 Å². The van der Waals surface area contributed by atoms with Crippen LogP contribution in [0.2, 0.25) is 0 Å². The molecule has 2 aliphatic heterocycles. The molecule has 0 unspecified atom stereocenters. The lowest BCUT2D eigenvalue weighted by Crippen LogP contribution is -2.67. The van der Waals surface area contributed by atoms with Crippen molar-refractivity contribution in [2.45, 2.75) is 109 Å². The molecular weight excluding hydrogens is 744 g/mol. The van der Waals surface area contributed by atoms with Crippen LogP contribution in [0.5, 0.6) is 0 Å². The van der Waals surface area contributed by atoms with Gasteiger partial charge in [-0.3, -0.25) is 19.2 Å². The summed E-state index contributed by atoms with van der Waals surface area (Å²) in [6.45, 7) is 4.56. The van der Waals surface area contributed by atoms with Crippen molar-refractivity contribution in [2.24, 2.45) is 0 Å². The molecule has 15 nitrogen and oxygen atoms in total. The molecule has 15 heteroatoms. The van der Waals surface area contributed by atoms with Gasteiger partial charge in [-0.25, -0.2) is 0 Å². The molecule has 0 saturated carbocycles. The second kappa shape index (κ2) is 21.7. The Morgan fingerprint density at radius 1 is 0.474 bits per heavy atom. The number of methoxy groups -OCH3 is 1. The number of ether oxygens (including phenoxy) is 11. The minimum Gasteiger partial charge on any atom is -0.463 e. The molecule has 0 radical (unpaired) electrons. The minimum atomic E-state index is -1.39. The maximum Gasteiger partial charge on any atom is 0.303 e. The number of hydrogen-bond acceptors (Lipinski definition) is 15. The van der Waals surface area contributed by atoms with Crippen LogP contribution in [-0.2, 0) is 91.1 Å². The molecule has 2 saturated heterocycles. The highest BCUT2D eigenvalue weighted by Crippen LogP contribution is 2.36. The number of esters is 4. The Bertz CT molecular complexity index is 1710. The number of carbonyl (C=O) groups is 4. The highest BCUT2D eigenvalue weighted by atomic mass is 16.8. The topological polar surface area (TPSA) is 170 Å². The van der Waals surface area contributed by atoms with E-state index >= 15 is 0 Å². The highest BCUT2D eigenvalue weighted by molar-refractivity contribution is 5.67. The zero-order chi connectivity index (χ0) is 40.7. The molecule has 0 aromatic heterocycles. The van der Waals surface area contributed by atoms with Crippen molar-refractivity contribution in [3.05, 3.63) is 108 Å². The van der Waals surface area contributed by atoms with Crippen molar-refractivity contribution >= 4 is 23.9 Å². The van der Waals surface area contributed by atoms with Gasteiger partial charge in [-0.05, 0) is 16.7 Å². The SMILES string of the molecule is CO[C@H]1O[C@H](COC(C)=O)[C@@H](OC(C)=O)[C@H](O[C@H]2O[C@H](COC(C)=O)[C@@H](OCc3ccccc3)[C@H](OCc3ccccc3)[C@@H]2OCc2ccccc2)[C@@H]1OC(C)=O. The van der Waals surface area contributed by atoms with Crippen LogP contribution in [0.25, 0.3) is 0 Å². The smallest absolute Gasteiger partial charge is 0.303 e. The molecule has 308 valence electrons. The first-order chi connectivity index (χ1) is 27.5. The van der Waals surface area contributed by atoms with E-state index in [2.05, 4.69) is 0 Å². The molecular formula is C42H50O15. The molecule has 2 fully saturated rings. The van der Waals surface area contributed by atoms with E-state index in [1.807, 2.05) is 91.0 Å². The Hall–Kier alpha value is -4.74. The summed E-state index contributed by atoms with van der Waals surface area (Å²) in [4.78, 5) is 49.3. The Morgan fingerprint density at radius 2 is 0.877 bits per heavy atom. The van der Waals surface area contributed by atoms with Crippen molar-refractivity contribution < 1.29 is 71.3 Å². The molecule has 0 amide bonds. The average molecular weight is 795 g/mol. The van der Waals surface area contributed by atoms with E-state index in [9.17, 15) is 19.2 Å². The quantitative estimate of drug-likeness (QED) is 0.132. The molecule has 10 atom stereocenters. The van der Waals surface area contributed by atoms with Crippen LogP contribution in [-0.4, -0.2) is 106 Å². The van der Waals surface area contributed by atoms with Gasteiger partial charge in [0.1, 0.15) is 49.8 Å². The second-order valence-corrected chi connectivity index (χ2v) is 13.5. The lowest BCUT2D eigenvalue weighted by atomic mass is 9.95. The third kappa shape index (κ3) is 12.9. The van der Waals surface area contributed by atoms with E-state index in [0.717, 1.165) is 16.7 Å². The highest BCUT2D eigenvalue weighted by Gasteiger charge is 2.56. The van der Waals surface area contributed by atoms with Gasteiger partial charge in [0.05, 0.1) is 19.8 Å². The fraction of sp³-hybridized carbons (Fsp3) is 0.476. The van der Waals surface area contributed by atoms with E-state index < -0.39 is 85.3 Å². The van der Waals surface area contributed by atoms with Crippen LogP contribution in [0.4, 0.5) is 0 Å². The zero-order valence-corrected chi connectivity index (χ0v) is 32.6. The number of hydrogen-bond donors (Lipinski definition) is 0. The van der Waals surface area contributed by atoms with Gasteiger partial charge in [-0.2, -0.15) is 0 Å². The van der Waals surface area contributed by atoms with Crippen LogP contribution < -0.4 is 0 Å². The summed E-state index contributed by atoms with van der Waals surface area (Å²) in [6.07, 6.45) is -11.8. The van der Waals surface area contributed by atoms with Gasteiger partial charge in [0, 0.05) is 34.8 Å². The first kappa shape index (κ1) is 43.4. The molecule has 2 aliphatic rings. The number of carbonyl (C=O) groups excluding carboxylic acids is 4. The zero-order valence-electron chi connectivity index (χ0n) is 32.6. The molecule has 0 aliphatic carbocycles. The van der Waals surface area contributed by atoms with Crippen molar-refractivity contribution in [2.75, 3.05) is 20.3 Å². The third-order valence-electron chi connectivity index (χ3n) is 9.07.